The number of carbonyl (C=O) groups is 2. The number of carboxylic acid groups (broad SMARTS) is 2. The van der Waals surface area contributed by atoms with Crippen LogP contribution in [0.2, 0.25) is 5.04 Å². The van der Waals surface area contributed by atoms with Crippen LogP contribution in [-0.4, -0.2) is 54.2 Å². The molecule has 0 radical (unpaired) electrons. The molecular weight excluding hydrogens is 386 g/mol. The number of amides is 1. The molecule has 1 fully saturated rings. The number of nitrogens with zero attached hydrogens (tertiary/aromatic N) is 1. The first kappa shape index (κ1) is 21.1. The molecule has 0 saturated carbocycles. The summed E-state index contributed by atoms with van der Waals surface area (Å²) in [5.41, 5.74) is 0. The number of benzene rings is 2. The summed E-state index contributed by atoms with van der Waals surface area (Å²) in [6, 6.07) is 18.6. The van der Waals surface area contributed by atoms with Gasteiger partial charge in [0.2, 0.25) is 0 Å². The van der Waals surface area contributed by atoms with E-state index in [1.54, 1.807) is 0 Å². The molecule has 1 saturated heterocycles. The number of aliphatic carboxylic acids is 1. The molecule has 0 spiro atoms. The first-order chi connectivity index (χ1) is 13.7. The van der Waals surface area contributed by atoms with Crippen molar-refractivity contribution >= 4 is 30.8 Å². The molecule has 7 heteroatoms. The number of hydrogen-bond donors (Lipinski definition) is 2. The van der Waals surface area contributed by atoms with Gasteiger partial charge in [-0.05, 0) is 21.8 Å². The van der Waals surface area contributed by atoms with Gasteiger partial charge in [0.25, 0.3) is 8.32 Å². The molecule has 1 heterocycles. The lowest BCUT2D eigenvalue weighted by molar-refractivity contribution is -0.144. The van der Waals surface area contributed by atoms with Crippen LogP contribution in [-0.2, 0) is 9.22 Å². The minimum absolute atomic E-state index is 0.148. The van der Waals surface area contributed by atoms with Crippen LogP contribution < -0.4 is 10.4 Å². The van der Waals surface area contributed by atoms with Crippen LogP contribution in [0.25, 0.3) is 0 Å². The summed E-state index contributed by atoms with van der Waals surface area (Å²) in [6.45, 7) is 6.48. The molecule has 0 aromatic heterocycles. The molecule has 154 valence electrons. The van der Waals surface area contributed by atoms with Gasteiger partial charge in [0, 0.05) is 6.54 Å². The topological polar surface area (TPSA) is 87.1 Å². The van der Waals surface area contributed by atoms with Gasteiger partial charge in [-0.3, -0.25) is 4.90 Å². The Morgan fingerprint density at radius 2 is 1.45 bits per heavy atom. The highest BCUT2D eigenvalue weighted by Crippen LogP contribution is 2.39. The van der Waals surface area contributed by atoms with Crippen molar-refractivity contribution in [2.75, 3.05) is 6.54 Å². The van der Waals surface area contributed by atoms with E-state index in [2.05, 4.69) is 20.8 Å². The number of rotatable bonds is 5. The van der Waals surface area contributed by atoms with Crippen molar-refractivity contribution in [1.29, 1.82) is 0 Å². The van der Waals surface area contributed by atoms with E-state index in [0.717, 1.165) is 15.3 Å². The summed E-state index contributed by atoms with van der Waals surface area (Å²) in [6.07, 6.45) is -1.59. The monoisotopic (exact) mass is 413 g/mol. The number of carboxylic acids is 1. The predicted octanol–water partition coefficient (Wildman–Crippen LogP) is 2.77. The van der Waals surface area contributed by atoms with E-state index in [-0.39, 0.29) is 11.6 Å². The lowest BCUT2D eigenvalue weighted by Crippen LogP contribution is -2.68. The fraction of sp³-hybridized carbons (Fsp3) is 0.364. The molecule has 0 aliphatic carbocycles. The highest BCUT2D eigenvalue weighted by Gasteiger charge is 2.55. The van der Waals surface area contributed by atoms with Crippen molar-refractivity contribution in [3.8, 4) is 0 Å². The Labute approximate surface area is 171 Å². The summed E-state index contributed by atoms with van der Waals surface area (Å²) in [4.78, 5) is 24.5. The first-order valence-corrected chi connectivity index (χ1v) is 11.6. The van der Waals surface area contributed by atoms with Crippen molar-refractivity contribution < 1.29 is 24.2 Å². The Kier molecular flexibility index (Phi) is 5.82. The largest absolute Gasteiger partial charge is 0.480 e. The van der Waals surface area contributed by atoms with E-state index in [0.29, 0.717) is 6.42 Å². The predicted molar refractivity (Wildman–Crippen MR) is 113 cm³/mol. The maximum Gasteiger partial charge on any atom is 0.408 e. The second-order valence-electron chi connectivity index (χ2n) is 8.37. The third kappa shape index (κ3) is 3.80. The molecule has 0 bridgehead atoms. The Morgan fingerprint density at radius 3 is 1.83 bits per heavy atom. The average molecular weight is 414 g/mol. The van der Waals surface area contributed by atoms with Crippen molar-refractivity contribution in [3.05, 3.63) is 60.7 Å². The molecular formula is C22H27NO5Si. The Hall–Kier alpha value is -2.64. The highest BCUT2D eigenvalue weighted by molar-refractivity contribution is 6.99. The van der Waals surface area contributed by atoms with Crippen LogP contribution >= 0.6 is 0 Å². The van der Waals surface area contributed by atoms with Gasteiger partial charge in [-0.1, -0.05) is 81.4 Å². The summed E-state index contributed by atoms with van der Waals surface area (Å²) in [5.74, 6) is -1.17. The second-order valence-corrected chi connectivity index (χ2v) is 12.6. The Bertz CT molecular complexity index is 826. The molecule has 1 aliphatic rings. The van der Waals surface area contributed by atoms with Crippen LogP contribution in [0.1, 0.15) is 27.2 Å². The molecule has 2 aromatic rings. The minimum Gasteiger partial charge on any atom is -0.480 e. The van der Waals surface area contributed by atoms with Gasteiger partial charge >= 0.3 is 12.1 Å². The molecule has 6 nitrogen and oxygen atoms in total. The molecule has 1 aliphatic heterocycles. The zero-order valence-electron chi connectivity index (χ0n) is 16.9. The van der Waals surface area contributed by atoms with Crippen molar-refractivity contribution in [1.82, 2.24) is 4.90 Å². The zero-order valence-corrected chi connectivity index (χ0v) is 17.9. The third-order valence-electron chi connectivity index (χ3n) is 5.59. The van der Waals surface area contributed by atoms with E-state index in [1.165, 1.54) is 0 Å². The normalized spacial score (nSPS) is 19.9. The Balaban J connectivity index is 2.16. The van der Waals surface area contributed by atoms with Crippen molar-refractivity contribution in [3.63, 3.8) is 0 Å². The Morgan fingerprint density at radius 1 is 0.966 bits per heavy atom. The van der Waals surface area contributed by atoms with E-state index in [4.69, 9.17) is 4.43 Å². The standard InChI is InChI=1S/C22H27NO5Si/c1-22(2,3)29(16-10-6-4-7-11-16,17-12-8-5-9-13-17)28-18-14-15-23(21(26)27)19(18)20(24)25/h4-13,18-19H,14-15H2,1-3H3,(H,24,25)(H,26,27)/t18-,19+/m1/s1. The second kappa shape index (κ2) is 8.00. The maximum atomic E-state index is 12.0. The smallest absolute Gasteiger partial charge is 0.408 e. The molecule has 0 unspecified atom stereocenters. The van der Waals surface area contributed by atoms with Crippen LogP contribution in [0.3, 0.4) is 0 Å². The van der Waals surface area contributed by atoms with E-state index >= 15 is 0 Å². The summed E-state index contributed by atoms with van der Waals surface area (Å²) in [5, 5.41) is 21.0. The van der Waals surface area contributed by atoms with Crippen molar-refractivity contribution in [2.24, 2.45) is 0 Å². The average Bonchev–Trinajstić information content (AvgIpc) is 3.10. The summed E-state index contributed by atoms with van der Waals surface area (Å²) < 4.78 is 6.84. The van der Waals surface area contributed by atoms with Gasteiger partial charge in [-0.2, -0.15) is 0 Å². The van der Waals surface area contributed by atoms with Gasteiger partial charge < -0.3 is 14.6 Å². The van der Waals surface area contributed by atoms with Gasteiger partial charge in [0.15, 0.2) is 6.04 Å². The molecule has 29 heavy (non-hydrogen) atoms. The summed E-state index contributed by atoms with van der Waals surface area (Å²) in [7, 11) is -2.95. The SMILES string of the molecule is CC(C)(C)[Si](O[C@@H]1CCN(C(=O)O)[C@@H]1C(=O)O)(c1ccccc1)c1ccccc1. The number of hydrogen-bond acceptors (Lipinski definition) is 3. The van der Waals surface area contributed by atoms with Crippen LogP contribution in [0, 0.1) is 0 Å². The minimum atomic E-state index is -2.95. The molecule has 1 amide bonds. The van der Waals surface area contributed by atoms with Crippen molar-refractivity contribution in [2.45, 2.75) is 44.4 Å². The van der Waals surface area contributed by atoms with Crippen LogP contribution in [0.5, 0.6) is 0 Å². The molecule has 2 atom stereocenters. The van der Waals surface area contributed by atoms with Crippen LogP contribution in [0.15, 0.2) is 60.7 Å². The lowest BCUT2D eigenvalue weighted by Gasteiger charge is -2.45. The highest BCUT2D eigenvalue weighted by atomic mass is 28.4. The molecule has 3 rings (SSSR count). The summed E-state index contributed by atoms with van der Waals surface area (Å²) >= 11 is 0. The van der Waals surface area contributed by atoms with E-state index < -0.39 is 32.5 Å². The van der Waals surface area contributed by atoms with Crippen LogP contribution in [0.4, 0.5) is 4.79 Å². The van der Waals surface area contributed by atoms with Gasteiger partial charge in [-0.15, -0.1) is 0 Å². The maximum absolute atomic E-state index is 12.0. The van der Waals surface area contributed by atoms with Gasteiger partial charge in [-0.25, -0.2) is 9.59 Å². The fourth-order valence-corrected chi connectivity index (χ4v) is 9.03. The van der Waals surface area contributed by atoms with Gasteiger partial charge in [0.1, 0.15) is 0 Å². The number of likely N-dealkylation sites (tertiary alicyclic amines) is 1. The van der Waals surface area contributed by atoms with E-state index in [1.807, 2.05) is 60.7 Å². The molecule has 2 aromatic carbocycles. The first-order valence-electron chi connectivity index (χ1n) is 9.69. The zero-order chi connectivity index (χ0) is 21.2. The fourth-order valence-electron chi connectivity index (χ4n) is 4.31. The quantitative estimate of drug-likeness (QED) is 0.736. The lowest BCUT2D eigenvalue weighted by atomic mass is 10.2. The third-order valence-corrected chi connectivity index (χ3v) is 10.6. The van der Waals surface area contributed by atoms with Gasteiger partial charge in [0.05, 0.1) is 6.10 Å². The molecule has 2 N–H and O–H groups in total. The van der Waals surface area contributed by atoms with E-state index in [9.17, 15) is 19.8 Å².